The molecule has 0 saturated heterocycles. The first-order valence-corrected chi connectivity index (χ1v) is 5.95. The van der Waals surface area contributed by atoms with Crippen LogP contribution in [0.1, 0.15) is 19.2 Å². The Kier molecular flexibility index (Phi) is 4.06. The summed E-state index contributed by atoms with van der Waals surface area (Å²) in [6, 6.07) is 5.44. The lowest BCUT2D eigenvalue weighted by atomic mass is 10.4. The molecular weight excluding hydrogens is 228 g/mol. The summed E-state index contributed by atoms with van der Waals surface area (Å²) in [6.45, 7) is 4.82. The van der Waals surface area contributed by atoms with Crippen molar-refractivity contribution in [1.29, 1.82) is 0 Å². The monoisotopic (exact) mass is 244 g/mol. The molecular formula is C13H16N4O. The SMILES string of the molecule is CCCNc1cc(Oc2cccnc2)nc(C)n1. The molecule has 2 aromatic rings. The molecule has 0 aliphatic heterocycles. The van der Waals surface area contributed by atoms with Gasteiger partial charge in [-0.1, -0.05) is 6.92 Å². The van der Waals surface area contributed by atoms with E-state index in [0.29, 0.717) is 17.5 Å². The Morgan fingerprint density at radius 3 is 2.94 bits per heavy atom. The van der Waals surface area contributed by atoms with Crippen molar-refractivity contribution in [2.75, 3.05) is 11.9 Å². The number of hydrogen-bond acceptors (Lipinski definition) is 5. The van der Waals surface area contributed by atoms with Crippen molar-refractivity contribution in [2.24, 2.45) is 0 Å². The number of aromatic nitrogens is 3. The van der Waals surface area contributed by atoms with Gasteiger partial charge >= 0.3 is 0 Å². The van der Waals surface area contributed by atoms with E-state index in [4.69, 9.17) is 4.74 Å². The number of aryl methyl sites for hydroxylation is 1. The van der Waals surface area contributed by atoms with Crippen LogP contribution in [-0.2, 0) is 0 Å². The molecule has 2 rings (SSSR count). The third kappa shape index (κ3) is 3.41. The van der Waals surface area contributed by atoms with E-state index in [1.54, 1.807) is 18.5 Å². The number of hydrogen-bond donors (Lipinski definition) is 1. The average Bonchev–Trinajstić information content (AvgIpc) is 2.37. The second-order valence-electron chi connectivity index (χ2n) is 3.86. The van der Waals surface area contributed by atoms with Crippen molar-refractivity contribution < 1.29 is 4.74 Å². The summed E-state index contributed by atoms with van der Waals surface area (Å²) in [5.74, 6) is 2.64. The highest BCUT2D eigenvalue weighted by Gasteiger charge is 2.03. The minimum Gasteiger partial charge on any atom is -0.437 e. The average molecular weight is 244 g/mol. The lowest BCUT2D eigenvalue weighted by Crippen LogP contribution is -2.04. The first-order valence-electron chi connectivity index (χ1n) is 5.95. The zero-order valence-electron chi connectivity index (χ0n) is 10.6. The summed E-state index contributed by atoms with van der Waals surface area (Å²) in [5, 5.41) is 3.21. The van der Waals surface area contributed by atoms with Crippen LogP contribution in [0.3, 0.4) is 0 Å². The van der Waals surface area contributed by atoms with Crippen LogP contribution in [0, 0.1) is 6.92 Å². The summed E-state index contributed by atoms with van der Waals surface area (Å²) in [5.41, 5.74) is 0. The van der Waals surface area contributed by atoms with Gasteiger partial charge in [-0.2, -0.15) is 4.98 Å². The summed E-state index contributed by atoms with van der Waals surface area (Å²) in [7, 11) is 0. The highest BCUT2D eigenvalue weighted by molar-refractivity contribution is 5.39. The Morgan fingerprint density at radius 2 is 2.22 bits per heavy atom. The first kappa shape index (κ1) is 12.3. The van der Waals surface area contributed by atoms with Crippen LogP contribution >= 0.6 is 0 Å². The second kappa shape index (κ2) is 5.95. The Labute approximate surface area is 106 Å². The van der Waals surface area contributed by atoms with Crippen molar-refractivity contribution >= 4 is 5.82 Å². The van der Waals surface area contributed by atoms with Crippen molar-refractivity contribution in [2.45, 2.75) is 20.3 Å². The molecule has 0 unspecified atom stereocenters. The van der Waals surface area contributed by atoms with Gasteiger partial charge < -0.3 is 10.1 Å². The topological polar surface area (TPSA) is 59.9 Å². The third-order valence-electron chi connectivity index (χ3n) is 2.23. The summed E-state index contributed by atoms with van der Waals surface area (Å²) in [6.07, 6.45) is 4.39. The first-order chi connectivity index (χ1) is 8.78. The van der Waals surface area contributed by atoms with Gasteiger partial charge in [-0.25, -0.2) is 4.98 Å². The summed E-state index contributed by atoms with van der Waals surface area (Å²) in [4.78, 5) is 12.5. The lowest BCUT2D eigenvalue weighted by Gasteiger charge is -2.08. The zero-order chi connectivity index (χ0) is 12.8. The smallest absolute Gasteiger partial charge is 0.224 e. The van der Waals surface area contributed by atoms with E-state index in [2.05, 4.69) is 27.2 Å². The van der Waals surface area contributed by atoms with Crippen LogP contribution in [0.4, 0.5) is 5.82 Å². The number of nitrogens with one attached hydrogen (secondary N) is 1. The summed E-state index contributed by atoms with van der Waals surface area (Å²) < 4.78 is 5.63. The molecule has 0 saturated carbocycles. The quantitative estimate of drug-likeness (QED) is 0.876. The second-order valence-corrected chi connectivity index (χ2v) is 3.86. The molecule has 0 aromatic carbocycles. The molecule has 0 amide bonds. The predicted octanol–water partition coefficient (Wildman–Crippen LogP) is 2.79. The van der Waals surface area contributed by atoms with Gasteiger partial charge in [0.1, 0.15) is 17.4 Å². The number of nitrogens with zero attached hydrogens (tertiary/aromatic N) is 3. The fourth-order valence-electron chi connectivity index (χ4n) is 1.46. The Hall–Kier alpha value is -2.17. The van der Waals surface area contributed by atoms with Gasteiger partial charge in [-0.3, -0.25) is 4.98 Å². The normalized spacial score (nSPS) is 10.1. The van der Waals surface area contributed by atoms with Gasteiger partial charge in [0.05, 0.1) is 6.20 Å². The maximum atomic E-state index is 5.63. The van der Waals surface area contributed by atoms with Gasteiger partial charge in [0.15, 0.2) is 0 Å². The van der Waals surface area contributed by atoms with Crippen molar-refractivity contribution in [1.82, 2.24) is 15.0 Å². The fraction of sp³-hybridized carbons (Fsp3) is 0.308. The minimum absolute atomic E-state index is 0.522. The number of ether oxygens (including phenoxy) is 1. The highest BCUT2D eigenvalue weighted by Crippen LogP contribution is 2.20. The molecule has 5 nitrogen and oxygen atoms in total. The van der Waals surface area contributed by atoms with E-state index in [-0.39, 0.29) is 0 Å². The Balaban J connectivity index is 2.15. The van der Waals surface area contributed by atoms with E-state index in [1.807, 2.05) is 19.1 Å². The largest absolute Gasteiger partial charge is 0.437 e. The van der Waals surface area contributed by atoms with Gasteiger partial charge in [0.2, 0.25) is 5.88 Å². The van der Waals surface area contributed by atoms with E-state index in [1.165, 1.54) is 0 Å². The van der Waals surface area contributed by atoms with Gasteiger partial charge in [-0.15, -0.1) is 0 Å². The van der Waals surface area contributed by atoms with Crippen LogP contribution < -0.4 is 10.1 Å². The molecule has 0 aliphatic carbocycles. The van der Waals surface area contributed by atoms with E-state index in [0.717, 1.165) is 18.8 Å². The standard InChI is InChI=1S/C13H16N4O/c1-3-6-15-12-8-13(17-10(2)16-12)18-11-5-4-7-14-9-11/h4-5,7-9H,3,6H2,1-2H3,(H,15,16,17). The Bertz CT molecular complexity index is 502. The molecule has 0 spiro atoms. The van der Waals surface area contributed by atoms with E-state index >= 15 is 0 Å². The zero-order valence-corrected chi connectivity index (χ0v) is 10.6. The maximum absolute atomic E-state index is 5.63. The van der Waals surface area contributed by atoms with Crippen LogP contribution in [0.25, 0.3) is 0 Å². The van der Waals surface area contributed by atoms with Crippen molar-refractivity contribution in [3.05, 3.63) is 36.4 Å². The molecule has 0 radical (unpaired) electrons. The Morgan fingerprint density at radius 1 is 1.33 bits per heavy atom. The molecule has 5 heteroatoms. The van der Waals surface area contributed by atoms with Crippen molar-refractivity contribution in [3.63, 3.8) is 0 Å². The van der Waals surface area contributed by atoms with Gasteiger partial charge in [-0.05, 0) is 25.5 Å². The molecule has 94 valence electrons. The van der Waals surface area contributed by atoms with Crippen LogP contribution in [-0.4, -0.2) is 21.5 Å². The molecule has 0 bridgehead atoms. The number of rotatable bonds is 5. The number of anilines is 1. The minimum atomic E-state index is 0.522. The van der Waals surface area contributed by atoms with Crippen LogP contribution in [0.5, 0.6) is 11.6 Å². The van der Waals surface area contributed by atoms with E-state index in [9.17, 15) is 0 Å². The molecule has 18 heavy (non-hydrogen) atoms. The molecule has 0 aliphatic rings. The predicted molar refractivity (Wildman–Crippen MR) is 69.9 cm³/mol. The molecule has 2 heterocycles. The summed E-state index contributed by atoms with van der Waals surface area (Å²) >= 11 is 0. The van der Waals surface area contributed by atoms with Gasteiger partial charge in [0.25, 0.3) is 0 Å². The molecule has 2 aromatic heterocycles. The third-order valence-corrected chi connectivity index (χ3v) is 2.23. The fourth-order valence-corrected chi connectivity index (χ4v) is 1.46. The van der Waals surface area contributed by atoms with Crippen LogP contribution in [0.15, 0.2) is 30.6 Å². The maximum Gasteiger partial charge on any atom is 0.224 e. The van der Waals surface area contributed by atoms with Crippen LogP contribution in [0.2, 0.25) is 0 Å². The van der Waals surface area contributed by atoms with E-state index < -0.39 is 0 Å². The number of pyridine rings is 1. The molecule has 1 N–H and O–H groups in total. The van der Waals surface area contributed by atoms with Gasteiger partial charge in [0, 0.05) is 18.8 Å². The molecule has 0 fully saturated rings. The lowest BCUT2D eigenvalue weighted by molar-refractivity contribution is 0.458. The highest BCUT2D eigenvalue weighted by atomic mass is 16.5. The van der Waals surface area contributed by atoms with Crippen molar-refractivity contribution in [3.8, 4) is 11.6 Å². The molecule has 0 atom stereocenters.